The van der Waals surface area contributed by atoms with Crippen LogP contribution < -0.4 is 10.1 Å². The molecule has 1 aliphatic carbocycles. The summed E-state index contributed by atoms with van der Waals surface area (Å²) in [6.07, 6.45) is 3.17. The summed E-state index contributed by atoms with van der Waals surface area (Å²) in [5.74, 6) is 0.918. The van der Waals surface area contributed by atoms with Gasteiger partial charge < -0.3 is 14.5 Å². The lowest BCUT2D eigenvalue weighted by atomic mass is 10.1. The van der Waals surface area contributed by atoms with Gasteiger partial charge >= 0.3 is 0 Å². The third-order valence-electron chi connectivity index (χ3n) is 4.55. The van der Waals surface area contributed by atoms with Crippen molar-refractivity contribution in [2.24, 2.45) is 0 Å². The largest absolute Gasteiger partial charge is 0.497 e. The standard InChI is InChI=1S/C20H18N2O3/c1-24-15-7-4-6-14(11-15)19-18(21-12-25-19)20(23)22-17-10-9-13-5-2-3-8-16(13)17/h2-8,11-12,17H,9-10H2,1H3,(H,22,23). The molecule has 1 unspecified atom stereocenters. The van der Waals surface area contributed by atoms with Crippen molar-refractivity contribution in [1.82, 2.24) is 10.3 Å². The molecule has 126 valence electrons. The van der Waals surface area contributed by atoms with Gasteiger partial charge in [-0.05, 0) is 36.1 Å². The van der Waals surface area contributed by atoms with E-state index in [1.54, 1.807) is 7.11 Å². The van der Waals surface area contributed by atoms with Crippen molar-refractivity contribution in [3.63, 3.8) is 0 Å². The molecule has 0 radical (unpaired) electrons. The van der Waals surface area contributed by atoms with Gasteiger partial charge in [0.05, 0.1) is 13.2 Å². The summed E-state index contributed by atoms with van der Waals surface area (Å²) in [5, 5.41) is 3.08. The highest BCUT2D eigenvalue weighted by Gasteiger charge is 2.26. The molecule has 1 heterocycles. The van der Waals surface area contributed by atoms with Gasteiger partial charge in [0, 0.05) is 5.56 Å². The van der Waals surface area contributed by atoms with Gasteiger partial charge in [0.2, 0.25) is 0 Å². The van der Waals surface area contributed by atoms with Gasteiger partial charge in [-0.1, -0.05) is 36.4 Å². The SMILES string of the molecule is COc1cccc(-c2ocnc2C(=O)NC2CCc3ccccc32)c1. The van der Waals surface area contributed by atoms with E-state index in [0.717, 1.165) is 18.4 Å². The monoisotopic (exact) mass is 334 g/mol. The topological polar surface area (TPSA) is 64.4 Å². The fraction of sp³-hybridized carbons (Fsp3) is 0.200. The maximum absolute atomic E-state index is 12.8. The first kappa shape index (κ1) is 15.4. The van der Waals surface area contributed by atoms with Crippen LogP contribution >= 0.6 is 0 Å². The molecule has 1 amide bonds. The summed E-state index contributed by atoms with van der Waals surface area (Å²) in [5.41, 5.74) is 3.52. The molecule has 0 saturated heterocycles. The molecule has 5 heteroatoms. The maximum atomic E-state index is 12.8. The lowest BCUT2D eigenvalue weighted by Gasteiger charge is -2.13. The van der Waals surface area contributed by atoms with Crippen LogP contribution in [0.25, 0.3) is 11.3 Å². The summed E-state index contributed by atoms with van der Waals surface area (Å²) in [6.45, 7) is 0. The molecule has 3 aromatic rings. The van der Waals surface area contributed by atoms with E-state index in [4.69, 9.17) is 9.15 Å². The number of benzene rings is 2. The number of aryl methyl sites for hydroxylation is 1. The van der Waals surface area contributed by atoms with E-state index < -0.39 is 0 Å². The molecular weight excluding hydrogens is 316 g/mol. The number of rotatable bonds is 4. The van der Waals surface area contributed by atoms with Crippen LogP contribution in [0.2, 0.25) is 0 Å². The molecule has 4 rings (SSSR count). The predicted octanol–water partition coefficient (Wildman–Crippen LogP) is 3.77. The second-order valence-electron chi connectivity index (χ2n) is 6.03. The van der Waals surface area contributed by atoms with Gasteiger partial charge in [0.25, 0.3) is 5.91 Å². The van der Waals surface area contributed by atoms with Gasteiger partial charge in [-0.3, -0.25) is 4.79 Å². The molecule has 1 atom stereocenters. The van der Waals surface area contributed by atoms with Crippen LogP contribution in [0.3, 0.4) is 0 Å². The Hall–Kier alpha value is -3.08. The third-order valence-corrected chi connectivity index (χ3v) is 4.55. The lowest BCUT2D eigenvalue weighted by molar-refractivity contribution is 0.0932. The average molecular weight is 334 g/mol. The Labute approximate surface area is 145 Å². The molecule has 25 heavy (non-hydrogen) atoms. The summed E-state index contributed by atoms with van der Waals surface area (Å²) < 4.78 is 10.7. The first-order chi connectivity index (χ1) is 12.3. The van der Waals surface area contributed by atoms with Crippen LogP contribution in [-0.4, -0.2) is 18.0 Å². The Kier molecular flexibility index (Phi) is 3.98. The van der Waals surface area contributed by atoms with Gasteiger partial charge in [-0.15, -0.1) is 0 Å². The Morgan fingerprint density at radius 2 is 2.12 bits per heavy atom. The molecule has 5 nitrogen and oxygen atoms in total. The minimum absolute atomic E-state index is 0.0126. The number of aromatic nitrogens is 1. The molecule has 0 aliphatic heterocycles. The van der Waals surface area contributed by atoms with E-state index in [0.29, 0.717) is 11.5 Å². The highest BCUT2D eigenvalue weighted by Crippen LogP contribution is 2.32. The number of carbonyl (C=O) groups excluding carboxylic acids is 1. The number of nitrogens with one attached hydrogen (secondary N) is 1. The van der Waals surface area contributed by atoms with Crippen molar-refractivity contribution in [2.75, 3.05) is 7.11 Å². The van der Waals surface area contributed by atoms with Crippen LogP contribution in [0.15, 0.2) is 59.3 Å². The van der Waals surface area contributed by atoms with Crippen molar-refractivity contribution >= 4 is 5.91 Å². The number of hydrogen-bond acceptors (Lipinski definition) is 4. The number of oxazole rings is 1. The second-order valence-corrected chi connectivity index (χ2v) is 6.03. The van der Waals surface area contributed by atoms with Crippen molar-refractivity contribution in [2.45, 2.75) is 18.9 Å². The molecular formula is C20H18N2O3. The van der Waals surface area contributed by atoms with E-state index in [2.05, 4.69) is 22.4 Å². The van der Waals surface area contributed by atoms with E-state index in [9.17, 15) is 4.79 Å². The number of nitrogens with zero attached hydrogens (tertiary/aromatic N) is 1. The Morgan fingerprint density at radius 1 is 1.24 bits per heavy atom. The average Bonchev–Trinajstić information content (AvgIpc) is 3.29. The number of ether oxygens (including phenoxy) is 1. The minimum Gasteiger partial charge on any atom is -0.497 e. The van der Waals surface area contributed by atoms with Crippen molar-refractivity contribution in [1.29, 1.82) is 0 Å². The van der Waals surface area contributed by atoms with E-state index >= 15 is 0 Å². The molecule has 0 bridgehead atoms. The van der Waals surface area contributed by atoms with E-state index in [-0.39, 0.29) is 17.6 Å². The number of methoxy groups -OCH3 is 1. The molecule has 2 aromatic carbocycles. The van der Waals surface area contributed by atoms with Gasteiger partial charge in [-0.25, -0.2) is 4.98 Å². The van der Waals surface area contributed by atoms with Gasteiger partial charge in [-0.2, -0.15) is 0 Å². The van der Waals surface area contributed by atoms with E-state index in [1.807, 2.05) is 36.4 Å². The maximum Gasteiger partial charge on any atom is 0.274 e. The summed E-state index contributed by atoms with van der Waals surface area (Å²) in [4.78, 5) is 16.9. The van der Waals surface area contributed by atoms with Crippen LogP contribution in [0.5, 0.6) is 5.75 Å². The van der Waals surface area contributed by atoms with Gasteiger partial charge in [0.1, 0.15) is 5.75 Å². The normalized spacial score (nSPS) is 15.6. The molecule has 1 aliphatic rings. The molecule has 0 saturated carbocycles. The van der Waals surface area contributed by atoms with Gasteiger partial charge in [0.15, 0.2) is 17.8 Å². The van der Waals surface area contributed by atoms with Crippen LogP contribution in [0.1, 0.15) is 34.1 Å². The molecule has 0 fully saturated rings. The Balaban J connectivity index is 1.59. The predicted molar refractivity (Wildman–Crippen MR) is 93.5 cm³/mol. The molecule has 1 N–H and O–H groups in total. The Morgan fingerprint density at radius 3 is 3.00 bits per heavy atom. The zero-order valence-electron chi connectivity index (χ0n) is 13.9. The lowest BCUT2D eigenvalue weighted by Crippen LogP contribution is -2.27. The summed E-state index contributed by atoms with van der Waals surface area (Å²) in [6, 6.07) is 15.6. The van der Waals surface area contributed by atoms with Crippen LogP contribution in [-0.2, 0) is 6.42 Å². The fourth-order valence-corrected chi connectivity index (χ4v) is 3.31. The summed E-state index contributed by atoms with van der Waals surface area (Å²) >= 11 is 0. The highest BCUT2D eigenvalue weighted by molar-refractivity contribution is 5.98. The quantitative estimate of drug-likeness (QED) is 0.789. The van der Waals surface area contributed by atoms with Crippen molar-refractivity contribution in [3.8, 4) is 17.1 Å². The van der Waals surface area contributed by atoms with Crippen LogP contribution in [0.4, 0.5) is 0 Å². The second kappa shape index (κ2) is 6.43. The number of amides is 1. The first-order valence-electron chi connectivity index (χ1n) is 8.23. The Bertz CT molecular complexity index is 917. The number of carbonyl (C=O) groups is 1. The summed E-state index contributed by atoms with van der Waals surface area (Å²) in [7, 11) is 1.60. The molecule has 1 aromatic heterocycles. The first-order valence-corrected chi connectivity index (χ1v) is 8.23. The fourth-order valence-electron chi connectivity index (χ4n) is 3.31. The number of hydrogen-bond donors (Lipinski definition) is 1. The highest BCUT2D eigenvalue weighted by atomic mass is 16.5. The number of fused-ring (bicyclic) bond motifs is 1. The smallest absolute Gasteiger partial charge is 0.274 e. The van der Waals surface area contributed by atoms with Crippen molar-refractivity contribution in [3.05, 3.63) is 71.7 Å². The van der Waals surface area contributed by atoms with E-state index in [1.165, 1.54) is 17.5 Å². The minimum atomic E-state index is -0.228. The van der Waals surface area contributed by atoms with Crippen molar-refractivity contribution < 1.29 is 13.9 Å². The third kappa shape index (κ3) is 2.89. The molecule has 0 spiro atoms. The zero-order valence-corrected chi connectivity index (χ0v) is 13.9. The van der Waals surface area contributed by atoms with Crippen LogP contribution in [0, 0.1) is 0 Å². The zero-order chi connectivity index (χ0) is 17.2.